The number of hydrogen-bond donors (Lipinski definition) is 2. The minimum Gasteiger partial charge on any atom is -0.389 e. The molecule has 1 amide bonds. The summed E-state index contributed by atoms with van der Waals surface area (Å²) in [5.74, 6) is 0.404. The number of rotatable bonds is 4. The molecule has 1 aliphatic rings. The highest BCUT2D eigenvalue weighted by molar-refractivity contribution is 5.92. The molecule has 1 fully saturated rings. The molecule has 5 nitrogen and oxygen atoms in total. The maximum atomic E-state index is 12.3. The molecule has 0 saturated heterocycles. The minimum absolute atomic E-state index is 0.152. The van der Waals surface area contributed by atoms with Crippen LogP contribution in [-0.2, 0) is 11.3 Å². The maximum Gasteiger partial charge on any atom is 0.229 e. The first-order valence-corrected chi connectivity index (χ1v) is 8.00. The van der Waals surface area contributed by atoms with Gasteiger partial charge in [0.25, 0.3) is 0 Å². The van der Waals surface area contributed by atoms with Crippen molar-refractivity contribution in [2.75, 3.05) is 5.32 Å². The van der Waals surface area contributed by atoms with Crippen LogP contribution < -0.4 is 5.32 Å². The van der Waals surface area contributed by atoms with E-state index in [0.29, 0.717) is 18.8 Å². The Morgan fingerprint density at radius 2 is 2.14 bits per heavy atom. The van der Waals surface area contributed by atoms with E-state index in [2.05, 4.69) is 10.3 Å². The van der Waals surface area contributed by atoms with Crippen LogP contribution in [0.3, 0.4) is 0 Å². The first-order valence-electron chi connectivity index (χ1n) is 8.00. The number of hydrogen-bond acceptors (Lipinski definition) is 3. The van der Waals surface area contributed by atoms with E-state index in [0.717, 1.165) is 36.0 Å². The first-order chi connectivity index (χ1) is 10.5. The van der Waals surface area contributed by atoms with Gasteiger partial charge in [-0.1, -0.05) is 18.9 Å². The summed E-state index contributed by atoms with van der Waals surface area (Å²) >= 11 is 0. The van der Waals surface area contributed by atoms with Crippen molar-refractivity contribution in [1.29, 1.82) is 0 Å². The average Bonchev–Trinajstić information content (AvgIpc) is 3.01. The third-order valence-electron chi connectivity index (χ3n) is 4.50. The fraction of sp³-hybridized carbons (Fsp3) is 0.529. The fourth-order valence-electron chi connectivity index (χ4n) is 3.33. The van der Waals surface area contributed by atoms with Gasteiger partial charge in [0.2, 0.25) is 11.9 Å². The highest BCUT2D eigenvalue weighted by Crippen LogP contribution is 2.32. The largest absolute Gasteiger partial charge is 0.389 e. The highest BCUT2D eigenvalue weighted by atomic mass is 16.3. The number of anilines is 1. The van der Waals surface area contributed by atoms with Crippen molar-refractivity contribution in [3.05, 3.63) is 23.8 Å². The maximum absolute atomic E-state index is 12.3. The summed E-state index contributed by atoms with van der Waals surface area (Å²) < 4.78 is 1.99. The normalized spacial score (nSPS) is 17.0. The van der Waals surface area contributed by atoms with E-state index < -0.39 is 5.60 Å². The molecule has 2 N–H and O–H groups in total. The molecule has 2 aromatic rings. The Bertz CT molecular complexity index is 699. The van der Waals surface area contributed by atoms with Crippen LogP contribution in [0, 0.1) is 6.92 Å². The van der Waals surface area contributed by atoms with E-state index in [-0.39, 0.29) is 12.3 Å². The number of aromatic nitrogens is 2. The predicted molar refractivity (Wildman–Crippen MR) is 86.8 cm³/mol. The van der Waals surface area contributed by atoms with Gasteiger partial charge < -0.3 is 9.67 Å². The molecule has 1 aromatic heterocycles. The van der Waals surface area contributed by atoms with E-state index >= 15 is 0 Å². The van der Waals surface area contributed by atoms with Crippen LogP contribution in [0.15, 0.2) is 18.2 Å². The number of aliphatic hydroxyl groups is 1. The summed E-state index contributed by atoms with van der Waals surface area (Å²) in [6, 6.07) is 6.09. The van der Waals surface area contributed by atoms with Gasteiger partial charge in [0, 0.05) is 6.54 Å². The molecule has 1 saturated carbocycles. The Balaban J connectivity index is 1.82. The average molecular weight is 301 g/mol. The van der Waals surface area contributed by atoms with Crippen molar-refractivity contribution in [3.63, 3.8) is 0 Å². The van der Waals surface area contributed by atoms with Gasteiger partial charge in [0.05, 0.1) is 23.1 Å². The number of benzene rings is 1. The van der Waals surface area contributed by atoms with Gasteiger partial charge in [-0.15, -0.1) is 0 Å². The Morgan fingerprint density at radius 1 is 1.41 bits per heavy atom. The summed E-state index contributed by atoms with van der Waals surface area (Å²) in [5, 5.41) is 13.2. The molecule has 0 spiro atoms. The highest BCUT2D eigenvalue weighted by Gasteiger charge is 2.33. The van der Waals surface area contributed by atoms with Crippen LogP contribution in [0.25, 0.3) is 11.0 Å². The summed E-state index contributed by atoms with van der Waals surface area (Å²) in [4.78, 5) is 16.8. The lowest BCUT2D eigenvalue weighted by atomic mass is 9.98. The molecule has 1 heterocycles. The van der Waals surface area contributed by atoms with Crippen LogP contribution in [0.5, 0.6) is 0 Å². The lowest BCUT2D eigenvalue weighted by Gasteiger charge is -2.21. The fourth-order valence-corrected chi connectivity index (χ4v) is 3.33. The standard InChI is InChI=1S/C17H23N3O2/c1-3-20-14-7-6-12(2)10-13(14)18-16(20)19-15(21)11-17(22)8-4-5-9-17/h6-7,10,22H,3-5,8-9,11H2,1-2H3,(H,18,19,21). The molecule has 0 aliphatic heterocycles. The smallest absolute Gasteiger partial charge is 0.229 e. The molecule has 118 valence electrons. The van der Waals surface area contributed by atoms with Crippen LogP contribution in [0.1, 0.15) is 44.6 Å². The monoisotopic (exact) mass is 301 g/mol. The van der Waals surface area contributed by atoms with Crippen LogP contribution in [0.4, 0.5) is 5.95 Å². The topological polar surface area (TPSA) is 67.2 Å². The second kappa shape index (κ2) is 5.72. The molecule has 3 rings (SSSR count). The third-order valence-corrected chi connectivity index (χ3v) is 4.50. The predicted octanol–water partition coefficient (Wildman–Crippen LogP) is 3.00. The zero-order chi connectivity index (χ0) is 15.7. The molecular formula is C17H23N3O2. The van der Waals surface area contributed by atoms with E-state index in [1.807, 2.05) is 36.6 Å². The number of fused-ring (bicyclic) bond motifs is 1. The Labute approximate surface area is 130 Å². The number of imidazole rings is 1. The molecule has 1 aromatic carbocycles. The van der Waals surface area contributed by atoms with Gasteiger partial charge in [-0.3, -0.25) is 10.1 Å². The molecule has 22 heavy (non-hydrogen) atoms. The molecule has 0 bridgehead atoms. The minimum atomic E-state index is -0.830. The third kappa shape index (κ3) is 2.86. The summed E-state index contributed by atoms with van der Waals surface area (Å²) in [5.41, 5.74) is 2.22. The lowest BCUT2D eigenvalue weighted by molar-refractivity contribution is -0.120. The van der Waals surface area contributed by atoms with Crippen LogP contribution >= 0.6 is 0 Å². The zero-order valence-corrected chi connectivity index (χ0v) is 13.2. The number of aryl methyl sites for hydroxylation is 2. The Morgan fingerprint density at radius 3 is 2.82 bits per heavy atom. The van der Waals surface area contributed by atoms with Gasteiger partial charge in [0.15, 0.2) is 0 Å². The van der Waals surface area contributed by atoms with E-state index in [9.17, 15) is 9.90 Å². The van der Waals surface area contributed by atoms with Crippen molar-refractivity contribution < 1.29 is 9.90 Å². The second-order valence-corrected chi connectivity index (χ2v) is 6.33. The number of carbonyl (C=O) groups is 1. The Kier molecular flexibility index (Phi) is 3.91. The van der Waals surface area contributed by atoms with Crippen molar-refractivity contribution in [2.45, 2.75) is 58.1 Å². The van der Waals surface area contributed by atoms with Crippen molar-refractivity contribution >= 4 is 22.9 Å². The number of nitrogens with one attached hydrogen (secondary N) is 1. The van der Waals surface area contributed by atoms with E-state index in [1.54, 1.807) is 0 Å². The molecule has 5 heteroatoms. The quantitative estimate of drug-likeness (QED) is 0.912. The number of carbonyl (C=O) groups excluding carboxylic acids is 1. The molecule has 1 aliphatic carbocycles. The zero-order valence-electron chi connectivity index (χ0n) is 13.2. The van der Waals surface area contributed by atoms with E-state index in [1.165, 1.54) is 0 Å². The van der Waals surface area contributed by atoms with Crippen LogP contribution in [0.2, 0.25) is 0 Å². The molecule has 0 unspecified atom stereocenters. The van der Waals surface area contributed by atoms with E-state index in [4.69, 9.17) is 0 Å². The van der Waals surface area contributed by atoms with Crippen molar-refractivity contribution in [3.8, 4) is 0 Å². The van der Waals surface area contributed by atoms with Gasteiger partial charge in [-0.2, -0.15) is 0 Å². The molecule has 0 atom stereocenters. The van der Waals surface area contributed by atoms with Gasteiger partial charge >= 0.3 is 0 Å². The van der Waals surface area contributed by atoms with Crippen LogP contribution in [-0.4, -0.2) is 26.2 Å². The molecule has 0 radical (unpaired) electrons. The van der Waals surface area contributed by atoms with Gasteiger partial charge in [-0.05, 0) is 44.4 Å². The van der Waals surface area contributed by atoms with Gasteiger partial charge in [-0.25, -0.2) is 4.98 Å². The second-order valence-electron chi connectivity index (χ2n) is 6.33. The first kappa shape index (κ1) is 15.0. The Hall–Kier alpha value is -1.88. The van der Waals surface area contributed by atoms with Crippen molar-refractivity contribution in [1.82, 2.24) is 9.55 Å². The summed E-state index contributed by atoms with van der Waals surface area (Å²) in [7, 11) is 0. The number of amides is 1. The lowest BCUT2D eigenvalue weighted by Crippen LogP contribution is -2.31. The summed E-state index contributed by atoms with van der Waals surface area (Å²) in [6.45, 7) is 4.79. The van der Waals surface area contributed by atoms with Gasteiger partial charge in [0.1, 0.15) is 0 Å². The summed E-state index contributed by atoms with van der Waals surface area (Å²) in [6.07, 6.45) is 3.57. The number of nitrogens with zero attached hydrogens (tertiary/aromatic N) is 2. The SMILES string of the molecule is CCn1c(NC(=O)CC2(O)CCCC2)nc2cc(C)ccc21. The van der Waals surface area contributed by atoms with Crippen molar-refractivity contribution in [2.24, 2.45) is 0 Å². The molecular weight excluding hydrogens is 278 g/mol.